The highest BCUT2D eigenvalue weighted by Gasteiger charge is 2.55. The fraction of sp³-hybridized carbons (Fsp3) is 0.682. The normalized spacial score (nSPS) is 25.3. The van der Waals surface area contributed by atoms with E-state index in [4.69, 9.17) is 4.98 Å². The van der Waals surface area contributed by atoms with E-state index in [0.717, 1.165) is 50.1 Å². The largest absolute Gasteiger partial charge is 0.337 e. The molecule has 4 aliphatic rings. The third kappa shape index (κ3) is 4.76. The highest BCUT2D eigenvalue weighted by molar-refractivity contribution is 7.90. The Kier molecular flexibility index (Phi) is 5.83. The fourth-order valence-corrected chi connectivity index (χ4v) is 6.23. The maximum absolute atomic E-state index is 11.3. The van der Waals surface area contributed by atoms with Crippen molar-refractivity contribution in [2.45, 2.75) is 56.9 Å². The second-order valence-corrected chi connectivity index (χ2v) is 12.2. The van der Waals surface area contributed by atoms with Crippen LogP contribution in [0.25, 0.3) is 0 Å². The highest BCUT2D eigenvalue weighted by atomic mass is 32.2. The molecule has 0 spiro atoms. The topological polar surface area (TPSA) is 116 Å². The van der Waals surface area contributed by atoms with Crippen molar-refractivity contribution in [3.8, 4) is 0 Å². The summed E-state index contributed by atoms with van der Waals surface area (Å²) in [5.41, 5.74) is 1.46. The van der Waals surface area contributed by atoms with Gasteiger partial charge in [0.15, 0.2) is 5.82 Å². The van der Waals surface area contributed by atoms with Gasteiger partial charge in [-0.05, 0) is 44.7 Å². The van der Waals surface area contributed by atoms with Gasteiger partial charge in [-0.3, -0.25) is 5.10 Å². The molecule has 3 N–H and O–H groups in total. The standard InChI is InChI=1S/C22H33N7O2S/c1-32(30,31)10-4-8-23-14-22-12-17(13-22)29(15-22)21-24-9-7-19(26-21)25-20-11-18(27-28-20)16-5-2-3-6-16/h7,9,11,16-17,23H,2-6,8,10,12-15H2,1H3,(H2,24,25,26,27,28). The number of rotatable bonds is 10. The fourth-order valence-electron chi connectivity index (χ4n) is 5.56. The van der Waals surface area contributed by atoms with Crippen LogP contribution in [0, 0.1) is 5.41 Å². The number of aromatic amines is 1. The molecule has 0 radical (unpaired) electrons. The van der Waals surface area contributed by atoms with Crippen LogP contribution in [0.2, 0.25) is 0 Å². The van der Waals surface area contributed by atoms with Crippen molar-refractivity contribution in [2.75, 3.05) is 41.9 Å². The highest BCUT2D eigenvalue weighted by Crippen LogP contribution is 2.52. The van der Waals surface area contributed by atoms with Gasteiger partial charge >= 0.3 is 0 Å². The zero-order chi connectivity index (χ0) is 22.2. The van der Waals surface area contributed by atoms with Crippen LogP contribution >= 0.6 is 0 Å². The third-order valence-electron chi connectivity index (χ3n) is 7.20. The first-order valence-electron chi connectivity index (χ1n) is 11.7. The first kappa shape index (κ1) is 21.6. The average molecular weight is 460 g/mol. The first-order valence-corrected chi connectivity index (χ1v) is 13.8. The van der Waals surface area contributed by atoms with Gasteiger partial charge in [-0.2, -0.15) is 10.1 Å². The Morgan fingerprint density at radius 1 is 1.25 bits per heavy atom. The van der Waals surface area contributed by atoms with Gasteiger partial charge in [0.05, 0.1) is 5.75 Å². The summed E-state index contributed by atoms with van der Waals surface area (Å²) in [7, 11) is -2.88. The second kappa shape index (κ2) is 8.62. The molecule has 4 fully saturated rings. The third-order valence-corrected chi connectivity index (χ3v) is 8.23. The van der Waals surface area contributed by atoms with E-state index >= 15 is 0 Å². The molecule has 0 aromatic carbocycles. The lowest BCUT2D eigenvalue weighted by atomic mass is 9.70. The number of anilines is 3. The van der Waals surface area contributed by atoms with E-state index in [1.54, 1.807) is 6.20 Å². The molecule has 2 bridgehead atoms. The minimum Gasteiger partial charge on any atom is -0.337 e. The number of hydrogen-bond acceptors (Lipinski definition) is 8. The number of nitrogens with one attached hydrogen (secondary N) is 3. The predicted octanol–water partition coefficient (Wildman–Crippen LogP) is 2.59. The average Bonchev–Trinajstić information content (AvgIpc) is 3.50. The Morgan fingerprint density at radius 3 is 2.84 bits per heavy atom. The molecule has 9 nitrogen and oxygen atoms in total. The summed E-state index contributed by atoms with van der Waals surface area (Å²) < 4.78 is 22.5. The number of fused-ring (bicyclic) bond motifs is 1. The lowest BCUT2D eigenvalue weighted by Crippen LogP contribution is -2.42. The summed E-state index contributed by atoms with van der Waals surface area (Å²) in [6.07, 6.45) is 11.1. The van der Waals surface area contributed by atoms with Gasteiger partial charge in [-0.15, -0.1) is 0 Å². The van der Waals surface area contributed by atoms with Crippen LogP contribution in [0.1, 0.15) is 56.6 Å². The van der Waals surface area contributed by atoms with E-state index in [9.17, 15) is 8.42 Å². The SMILES string of the molecule is CS(=O)(=O)CCCNCC12CC(C1)N(c1nccc(Nc3cc(C4CCCC4)[nH]n3)n1)C2. The van der Waals surface area contributed by atoms with E-state index in [-0.39, 0.29) is 11.2 Å². The van der Waals surface area contributed by atoms with Crippen LogP contribution in [-0.4, -0.2) is 66.3 Å². The number of H-pyrrole nitrogens is 1. The van der Waals surface area contributed by atoms with Crippen molar-refractivity contribution in [2.24, 2.45) is 5.41 Å². The molecule has 0 amide bonds. The number of aromatic nitrogens is 4. The van der Waals surface area contributed by atoms with Gasteiger partial charge in [0.1, 0.15) is 15.7 Å². The molecule has 0 unspecified atom stereocenters. The molecular weight excluding hydrogens is 426 g/mol. The maximum Gasteiger partial charge on any atom is 0.227 e. The van der Waals surface area contributed by atoms with Gasteiger partial charge in [0.2, 0.25) is 5.95 Å². The van der Waals surface area contributed by atoms with E-state index in [1.807, 2.05) is 6.07 Å². The minimum atomic E-state index is -2.88. The molecule has 2 aromatic rings. The van der Waals surface area contributed by atoms with Crippen LogP contribution in [0.4, 0.5) is 17.6 Å². The number of nitrogens with zero attached hydrogens (tertiary/aromatic N) is 4. The van der Waals surface area contributed by atoms with Crippen molar-refractivity contribution in [1.82, 2.24) is 25.5 Å². The summed E-state index contributed by atoms with van der Waals surface area (Å²) >= 11 is 0. The summed E-state index contributed by atoms with van der Waals surface area (Å²) in [5, 5.41) is 14.4. The van der Waals surface area contributed by atoms with Crippen molar-refractivity contribution < 1.29 is 8.42 Å². The molecule has 4 heterocycles. The quantitative estimate of drug-likeness (QED) is 0.464. The minimum absolute atomic E-state index is 0.244. The Morgan fingerprint density at radius 2 is 2.06 bits per heavy atom. The van der Waals surface area contributed by atoms with Gasteiger partial charge in [0, 0.05) is 54.7 Å². The van der Waals surface area contributed by atoms with Crippen LogP contribution in [0.15, 0.2) is 18.3 Å². The maximum atomic E-state index is 11.3. The van der Waals surface area contributed by atoms with Crippen LogP contribution < -0.4 is 15.5 Å². The van der Waals surface area contributed by atoms with Crippen LogP contribution in [0.3, 0.4) is 0 Å². The monoisotopic (exact) mass is 459 g/mol. The summed E-state index contributed by atoms with van der Waals surface area (Å²) in [4.78, 5) is 11.6. The lowest BCUT2D eigenvalue weighted by molar-refractivity contribution is 0.192. The molecule has 174 valence electrons. The van der Waals surface area contributed by atoms with Gasteiger partial charge in [-0.25, -0.2) is 13.4 Å². The number of hydrogen-bond donors (Lipinski definition) is 3. The van der Waals surface area contributed by atoms with Crippen molar-refractivity contribution in [3.63, 3.8) is 0 Å². The Hall–Kier alpha value is -2.20. The zero-order valence-electron chi connectivity index (χ0n) is 18.7. The first-order chi connectivity index (χ1) is 15.4. The molecule has 2 saturated carbocycles. The molecule has 10 heteroatoms. The molecule has 2 aliphatic carbocycles. The second-order valence-electron chi connectivity index (χ2n) is 9.91. The Balaban J connectivity index is 1.15. The molecule has 2 aliphatic heterocycles. The lowest BCUT2D eigenvalue weighted by Gasteiger charge is -2.37. The Labute approximate surface area is 189 Å². The zero-order valence-corrected chi connectivity index (χ0v) is 19.5. The van der Waals surface area contributed by atoms with Gasteiger partial charge in [0.25, 0.3) is 0 Å². The summed E-state index contributed by atoms with van der Waals surface area (Å²) in [6, 6.07) is 4.48. The van der Waals surface area contributed by atoms with Crippen molar-refractivity contribution in [3.05, 3.63) is 24.0 Å². The van der Waals surface area contributed by atoms with Crippen LogP contribution in [0.5, 0.6) is 0 Å². The van der Waals surface area contributed by atoms with Crippen molar-refractivity contribution in [1.29, 1.82) is 0 Å². The Bertz CT molecular complexity index is 1040. The van der Waals surface area contributed by atoms with E-state index in [1.165, 1.54) is 37.6 Å². The van der Waals surface area contributed by atoms with Gasteiger partial charge < -0.3 is 15.5 Å². The van der Waals surface area contributed by atoms with E-state index in [2.05, 4.69) is 36.8 Å². The van der Waals surface area contributed by atoms with Crippen molar-refractivity contribution >= 4 is 27.4 Å². The van der Waals surface area contributed by atoms with E-state index < -0.39 is 9.84 Å². The molecule has 32 heavy (non-hydrogen) atoms. The number of sulfone groups is 1. The molecule has 0 atom stereocenters. The molecule has 2 saturated heterocycles. The smallest absolute Gasteiger partial charge is 0.227 e. The predicted molar refractivity (Wildman–Crippen MR) is 125 cm³/mol. The van der Waals surface area contributed by atoms with E-state index in [0.29, 0.717) is 18.4 Å². The van der Waals surface area contributed by atoms with Gasteiger partial charge in [-0.1, -0.05) is 12.8 Å². The molecule has 6 rings (SSSR count). The summed E-state index contributed by atoms with van der Waals surface area (Å²) in [5.74, 6) is 3.18. The molecule has 2 aromatic heterocycles. The molecular formula is C22H33N7O2S. The summed E-state index contributed by atoms with van der Waals surface area (Å²) in [6.45, 7) is 2.59. The van der Waals surface area contributed by atoms with Crippen LogP contribution in [-0.2, 0) is 9.84 Å².